The van der Waals surface area contributed by atoms with Crippen LogP contribution in [-0.2, 0) is 4.79 Å². The largest absolute Gasteiger partial charge is 0.395 e. The molecule has 1 amide bonds. The van der Waals surface area contributed by atoms with E-state index in [0.29, 0.717) is 13.1 Å². The summed E-state index contributed by atoms with van der Waals surface area (Å²) in [6, 6.07) is 0. The number of thiocarbonyl (C=S) groups is 1. The molecule has 0 aromatic rings. The Balaban J connectivity index is 4.02. The van der Waals surface area contributed by atoms with Gasteiger partial charge in [-0.2, -0.15) is 0 Å². The summed E-state index contributed by atoms with van der Waals surface area (Å²) >= 11 is 4.63. The minimum absolute atomic E-state index is 0.0247. The Hall–Kier alpha value is -0.680. The zero-order chi connectivity index (χ0) is 10.3. The van der Waals surface area contributed by atoms with Gasteiger partial charge in [0.2, 0.25) is 5.91 Å². The molecule has 0 aromatic heterocycles. The van der Waals surface area contributed by atoms with Crippen LogP contribution in [0.1, 0.15) is 19.8 Å². The summed E-state index contributed by atoms with van der Waals surface area (Å²) in [6.07, 6.45) is 0.957. The van der Waals surface area contributed by atoms with Crippen molar-refractivity contribution in [2.24, 2.45) is 5.73 Å². The Morgan fingerprint density at radius 2 is 2.15 bits per heavy atom. The minimum Gasteiger partial charge on any atom is -0.395 e. The zero-order valence-electron chi connectivity index (χ0n) is 7.82. The number of amides is 1. The highest BCUT2D eigenvalue weighted by atomic mass is 32.1. The molecule has 13 heavy (non-hydrogen) atoms. The smallest absolute Gasteiger partial charge is 0.229 e. The molecular weight excluding hydrogens is 188 g/mol. The molecule has 0 aliphatic rings. The predicted molar refractivity (Wildman–Crippen MR) is 55.4 cm³/mol. The molecule has 4 nitrogen and oxygen atoms in total. The van der Waals surface area contributed by atoms with Crippen LogP contribution in [-0.4, -0.2) is 40.6 Å². The van der Waals surface area contributed by atoms with Gasteiger partial charge in [-0.25, -0.2) is 0 Å². The molecule has 0 unspecified atom stereocenters. The van der Waals surface area contributed by atoms with Crippen LogP contribution < -0.4 is 5.73 Å². The maximum absolute atomic E-state index is 11.4. The summed E-state index contributed by atoms with van der Waals surface area (Å²) in [6.45, 7) is 2.94. The van der Waals surface area contributed by atoms with E-state index in [4.69, 9.17) is 10.8 Å². The number of hydrogen-bond donors (Lipinski definition) is 2. The van der Waals surface area contributed by atoms with Crippen LogP contribution >= 0.6 is 12.2 Å². The van der Waals surface area contributed by atoms with Gasteiger partial charge in [0.1, 0.15) is 0 Å². The fraction of sp³-hybridized carbons (Fsp3) is 0.750. The second kappa shape index (κ2) is 6.80. The van der Waals surface area contributed by atoms with Crippen LogP contribution in [0.4, 0.5) is 0 Å². The van der Waals surface area contributed by atoms with Crippen molar-refractivity contribution >= 4 is 23.1 Å². The molecule has 0 radical (unpaired) electrons. The number of aliphatic hydroxyl groups is 1. The van der Waals surface area contributed by atoms with Crippen LogP contribution in [0.15, 0.2) is 0 Å². The average molecular weight is 204 g/mol. The van der Waals surface area contributed by atoms with E-state index in [-0.39, 0.29) is 23.9 Å². The average Bonchev–Trinajstić information content (AvgIpc) is 2.02. The Morgan fingerprint density at radius 3 is 2.54 bits per heavy atom. The minimum atomic E-state index is -0.108. The highest BCUT2D eigenvalue weighted by Gasteiger charge is 2.12. The van der Waals surface area contributed by atoms with E-state index in [2.05, 4.69) is 12.2 Å². The first kappa shape index (κ1) is 12.3. The summed E-state index contributed by atoms with van der Waals surface area (Å²) < 4.78 is 0. The molecule has 0 saturated heterocycles. The molecule has 0 atom stereocenters. The van der Waals surface area contributed by atoms with E-state index in [9.17, 15) is 4.79 Å². The first-order valence-corrected chi connectivity index (χ1v) is 4.69. The van der Waals surface area contributed by atoms with Gasteiger partial charge in [-0.05, 0) is 6.42 Å². The number of nitrogens with two attached hydrogens (primary N) is 1. The first-order valence-electron chi connectivity index (χ1n) is 4.28. The highest BCUT2D eigenvalue weighted by Crippen LogP contribution is 1.96. The quantitative estimate of drug-likeness (QED) is 0.593. The maximum atomic E-state index is 11.4. The van der Waals surface area contributed by atoms with E-state index in [1.165, 1.54) is 0 Å². The maximum Gasteiger partial charge on any atom is 0.229 e. The van der Waals surface area contributed by atoms with E-state index < -0.39 is 0 Å². The number of aliphatic hydroxyl groups excluding tert-OH is 1. The summed E-state index contributed by atoms with van der Waals surface area (Å²) in [4.78, 5) is 13.1. The molecular formula is C8H16N2O2S. The van der Waals surface area contributed by atoms with Crippen LogP contribution in [0.2, 0.25) is 0 Å². The van der Waals surface area contributed by atoms with Gasteiger partial charge in [-0.3, -0.25) is 4.79 Å². The van der Waals surface area contributed by atoms with Gasteiger partial charge >= 0.3 is 0 Å². The summed E-state index contributed by atoms with van der Waals surface area (Å²) in [5.41, 5.74) is 5.24. The van der Waals surface area contributed by atoms with Gasteiger partial charge in [-0.15, -0.1) is 0 Å². The monoisotopic (exact) mass is 204 g/mol. The van der Waals surface area contributed by atoms with Crippen molar-refractivity contribution in [3.63, 3.8) is 0 Å². The van der Waals surface area contributed by atoms with Gasteiger partial charge in [0.25, 0.3) is 0 Å². The molecule has 0 aliphatic carbocycles. The van der Waals surface area contributed by atoms with E-state index in [0.717, 1.165) is 6.42 Å². The van der Waals surface area contributed by atoms with Crippen molar-refractivity contribution in [2.45, 2.75) is 19.8 Å². The topological polar surface area (TPSA) is 66.6 Å². The van der Waals surface area contributed by atoms with E-state index in [1.54, 1.807) is 4.90 Å². The molecule has 0 aliphatic heterocycles. The standard InChI is InChI=1S/C8H16N2O2S/c1-2-3-10(4-5-11)8(12)6-7(9)13/h11H,2-6H2,1H3,(H2,9,13). The number of nitrogens with zero attached hydrogens (tertiary/aromatic N) is 1. The molecule has 0 saturated carbocycles. The molecule has 0 spiro atoms. The Morgan fingerprint density at radius 1 is 1.54 bits per heavy atom. The van der Waals surface area contributed by atoms with Crippen LogP contribution in [0.3, 0.4) is 0 Å². The summed E-state index contributed by atoms with van der Waals surface area (Å²) in [7, 11) is 0. The number of rotatable bonds is 6. The van der Waals surface area contributed by atoms with E-state index >= 15 is 0 Å². The lowest BCUT2D eigenvalue weighted by atomic mass is 10.3. The van der Waals surface area contributed by atoms with Gasteiger partial charge in [0.15, 0.2) is 0 Å². The number of hydrogen-bond acceptors (Lipinski definition) is 3. The molecule has 0 fully saturated rings. The Labute approximate surface area is 83.7 Å². The van der Waals surface area contributed by atoms with Crippen molar-refractivity contribution < 1.29 is 9.90 Å². The Kier molecular flexibility index (Phi) is 6.44. The van der Waals surface area contributed by atoms with Crippen LogP contribution in [0.25, 0.3) is 0 Å². The van der Waals surface area contributed by atoms with Gasteiger partial charge in [0.05, 0.1) is 18.0 Å². The van der Waals surface area contributed by atoms with Gasteiger partial charge in [-0.1, -0.05) is 19.1 Å². The zero-order valence-corrected chi connectivity index (χ0v) is 8.64. The van der Waals surface area contributed by atoms with Crippen molar-refractivity contribution in [1.29, 1.82) is 0 Å². The highest BCUT2D eigenvalue weighted by molar-refractivity contribution is 7.80. The van der Waals surface area contributed by atoms with Crippen molar-refractivity contribution in [1.82, 2.24) is 4.90 Å². The summed E-state index contributed by atoms with van der Waals surface area (Å²) in [5, 5.41) is 8.69. The number of carbonyl (C=O) groups is 1. The SMILES string of the molecule is CCCN(CCO)C(=O)CC(N)=S. The predicted octanol–water partition coefficient (Wildman–Crippen LogP) is -0.106. The van der Waals surface area contributed by atoms with Crippen molar-refractivity contribution in [3.05, 3.63) is 0 Å². The molecule has 0 heterocycles. The molecule has 76 valence electrons. The molecule has 3 N–H and O–H groups in total. The normalized spacial score (nSPS) is 9.69. The van der Waals surface area contributed by atoms with Gasteiger partial charge < -0.3 is 15.7 Å². The Bertz CT molecular complexity index is 179. The molecule has 5 heteroatoms. The van der Waals surface area contributed by atoms with Crippen molar-refractivity contribution in [3.8, 4) is 0 Å². The lowest BCUT2D eigenvalue weighted by Gasteiger charge is -2.20. The lowest BCUT2D eigenvalue weighted by molar-refractivity contribution is -0.130. The second-order valence-corrected chi connectivity index (χ2v) is 3.27. The third-order valence-corrected chi connectivity index (χ3v) is 1.69. The molecule has 0 rings (SSSR count). The summed E-state index contributed by atoms with van der Waals surface area (Å²) in [5.74, 6) is -0.108. The lowest BCUT2D eigenvalue weighted by Crippen LogP contribution is -2.36. The molecule has 0 bridgehead atoms. The third-order valence-electron chi connectivity index (χ3n) is 1.54. The van der Waals surface area contributed by atoms with Crippen molar-refractivity contribution in [2.75, 3.05) is 19.7 Å². The van der Waals surface area contributed by atoms with Crippen LogP contribution in [0, 0.1) is 0 Å². The second-order valence-electron chi connectivity index (χ2n) is 2.75. The first-order chi connectivity index (χ1) is 6.11. The number of carbonyl (C=O) groups excluding carboxylic acids is 1. The van der Waals surface area contributed by atoms with E-state index in [1.807, 2.05) is 6.92 Å². The fourth-order valence-corrected chi connectivity index (χ4v) is 1.14. The van der Waals surface area contributed by atoms with Crippen LogP contribution in [0.5, 0.6) is 0 Å². The fourth-order valence-electron chi connectivity index (χ4n) is 1.01. The molecule has 0 aromatic carbocycles. The third kappa shape index (κ3) is 5.54. The van der Waals surface area contributed by atoms with Gasteiger partial charge in [0, 0.05) is 13.1 Å².